The summed E-state index contributed by atoms with van der Waals surface area (Å²) in [5.74, 6) is -1.19. The van der Waals surface area contributed by atoms with E-state index in [4.69, 9.17) is 16.3 Å². The first-order valence-electron chi connectivity index (χ1n) is 8.32. The molecule has 0 saturated carbocycles. The van der Waals surface area contributed by atoms with Crippen molar-refractivity contribution in [3.05, 3.63) is 58.6 Å². The summed E-state index contributed by atoms with van der Waals surface area (Å²) in [7, 11) is -3.50. The number of nitrogens with zero attached hydrogens (tertiary/aromatic N) is 1. The first kappa shape index (κ1) is 19.4. The molecule has 0 aromatic heterocycles. The molecular weight excluding hydrogens is 390 g/mol. The average Bonchev–Trinajstić information content (AvgIpc) is 2.64. The van der Waals surface area contributed by atoms with Gasteiger partial charge in [0.05, 0.1) is 15.5 Å². The molecule has 0 saturated heterocycles. The zero-order chi connectivity index (χ0) is 19.6. The van der Waals surface area contributed by atoms with Crippen LogP contribution in [0, 0.1) is 0 Å². The van der Waals surface area contributed by atoms with Crippen molar-refractivity contribution in [2.75, 3.05) is 24.3 Å². The van der Waals surface area contributed by atoms with Crippen LogP contribution in [0.25, 0.3) is 0 Å². The van der Waals surface area contributed by atoms with Crippen molar-refractivity contribution in [2.45, 2.75) is 17.7 Å². The van der Waals surface area contributed by atoms with Gasteiger partial charge in [0.2, 0.25) is 0 Å². The van der Waals surface area contributed by atoms with Crippen LogP contribution in [0.5, 0.6) is 0 Å². The molecule has 27 heavy (non-hydrogen) atoms. The zero-order valence-corrected chi connectivity index (χ0v) is 16.2. The molecule has 6 nitrogen and oxygen atoms in total. The number of esters is 1. The van der Waals surface area contributed by atoms with Crippen LogP contribution in [0.15, 0.2) is 47.4 Å². The molecule has 3 rings (SSSR count). The lowest BCUT2D eigenvalue weighted by molar-refractivity contribution is -0.121. The van der Waals surface area contributed by atoms with Crippen molar-refractivity contribution in [1.82, 2.24) is 0 Å². The van der Waals surface area contributed by atoms with E-state index in [1.165, 1.54) is 12.1 Å². The molecule has 0 atom stereocenters. The number of fused-ring (bicyclic) bond motifs is 1. The fourth-order valence-corrected chi connectivity index (χ4v) is 3.81. The Kier molecular flexibility index (Phi) is 5.53. The number of benzene rings is 2. The number of hydrogen-bond acceptors (Lipinski definition) is 5. The van der Waals surface area contributed by atoms with E-state index in [0.717, 1.165) is 36.4 Å². The number of halogens is 1. The molecule has 142 valence electrons. The van der Waals surface area contributed by atoms with Crippen molar-refractivity contribution in [2.24, 2.45) is 0 Å². The lowest BCUT2D eigenvalue weighted by Gasteiger charge is -2.29. The summed E-state index contributed by atoms with van der Waals surface area (Å²) in [6.07, 6.45) is 2.76. The number of carbonyl (C=O) groups excluding carboxylic acids is 2. The molecule has 1 amide bonds. The molecular formula is C19H18ClNO5S. The van der Waals surface area contributed by atoms with Gasteiger partial charge < -0.3 is 9.64 Å². The molecule has 1 heterocycles. The molecule has 0 bridgehead atoms. The molecule has 2 aromatic rings. The van der Waals surface area contributed by atoms with E-state index >= 15 is 0 Å². The van der Waals surface area contributed by atoms with Gasteiger partial charge in [0.15, 0.2) is 16.4 Å². The van der Waals surface area contributed by atoms with Crippen molar-refractivity contribution in [1.29, 1.82) is 0 Å². The maximum absolute atomic E-state index is 12.5. The number of amides is 1. The van der Waals surface area contributed by atoms with Crippen LogP contribution < -0.4 is 4.90 Å². The van der Waals surface area contributed by atoms with E-state index in [1.807, 2.05) is 24.3 Å². The third-order valence-corrected chi connectivity index (χ3v) is 5.76. The first-order valence-corrected chi connectivity index (χ1v) is 10.6. The number of anilines is 1. The van der Waals surface area contributed by atoms with Gasteiger partial charge in [0.25, 0.3) is 5.91 Å². The highest BCUT2D eigenvalue weighted by atomic mass is 35.5. The molecule has 8 heteroatoms. The SMILES string of the molecule is CS(=O)(=O)c1ccc(Cl)c(C(=O)OCC(=O)N2CCCc3ccccc32)c1. The molecule has 1 aliphatic rings. The van der Waals surface area contributed by atoms with Gasteiger partial charge in [0.1, 0.15) is 0 Å². The van der Waals surface area contributed by atoms with Crippen LogP contribution in [-0.4, -0.2) is 39.7 Å². The molecule has 0 unspecified atom stereocenters. The second kappa shape index (κ2) is 7.70. The second-order valence-electron chi connectivity index (χ2n) is 6.27. The van der Waals surface area contributed by atoms with Gasteiger partial charge >= 0.3 is 5.97 Å². The fourth-order valence-electron chi connectivity index (χ4n) is 2.97. The number of para-hydroxylation sites is 1. The van der Waals surface area contributed by atoms with Gasteiger partial charge in [-0.3, -0.25) is 4.79 Å². The largest absolute Gasteiger partial charge is 0.452 e. The molecule has 0 fully saturated rings. The first-order chi connectivity index (χ1) is 12.8. The highest BCUT2D eigenvalue weighted by Gasteiger charge is 2.24. The third kappa shape index (κ3) is 4.31. The number of hydrogen-bond donors (Lipinski definition) is 0. The standard InChI is InChI=1S/C19H18ClNO5S/c1-27(24,25)14-8-9-16(20)15(11-14)19(23)26-12-18(22)21-10-4-6-13-5-2-3-7-17(13)21/h2-3,5,7-9,11H,4,6,10,12H2,1H3. The van der Waals surface area contributed by atoms with Gasteiger partial charge in [-0.2, -0.15) is 0 Å². The van der Waals surface area contributed by atoms with E-state index in [2.05, 4.69) is 0 Å². The number of ether oxygens (including phenoxy) is 1. The second-order valence-corrected chi connectivity index (χ2v) is 8.69. The minimum absolute atomic E-state index is 0.0462. The van der Waals surface area contributed by atoms with Crippen LogP contribution in [-0.2, 0) is 25.8 Å². The topological polar surface area (TPSA) is 80.7 Å². The van der Waals surface area contributed by atoms with Crippen molar-refractivity contribution < 1.29 is 22.7 Å². The minimum atomic E-state index is -3.50. The predicted molar refractivity (Wildman–Crippen MR) is 102 cm³/mol. The summed E-state index contributed by atoms with van der Waals surface area (Å²) < 4.78 is 28.4. The van der Waals surface area contributed by atoms with Crippen LogP contribution >= 0.6 is 11.6 Å². The Morgan fingerprint density at radius 1 is 1.19 bits per heavy atom. The molecule has 0 radical (unpaired) electrons. The summed E-state index contributed by atoms with van der Waals surface area (Å²) in [5, 5.41) is 0.0585. The highest BCUT2D eigenvalue weighted by Crippen LogP contribution is 2.27. The van der Waals surface area contributed by atoms with Crippen LogP contribution in [0.1, 0.15) is 22.3 Å². The zero-order valence-electron chi connectivity index (χ0n) is 14.6. The van der Waals surface area contributed by atoms with Crippen molar-refractivity contribution >= 4 is 39.0 Å². The highest BCUT2D eigenvalue weighted by molar-refractivity contribution is 7.90. The quantitative estimate of drug-likeness (QED) is 0.728. The molecule has 0 N–H and O–H groups in total. The van der Waals surface area contributed by atoms with Crippen molar-refractivity contribution in [3.63, 3.8) is 0 Å². The number of rotatable bonds is 4. The maximum atomic E-state index is 12.5. The Hall–Kier alpha value is -2.38. The summed E-state index contributed by atoms with van der Waals surface area (Å²) in [5.41, 5.74) is 1.81. The van der Waals surface area contributed by atoms with E-state index in [0.29, 0.717) is 6.54 Å². The van der Waals surface area contributed by atoms with Gasteiger partial charge in [-0.1, -0.05) is 29.8 Å². The Morgan fingerprint density at radius 3 is 2.67 bits per heavy atom. The lowest BCUT2D eigenvalue weighted by atomic mass is 10.0. The Labute approximate surface area is 162 Å². The molecule has 1 aliphatic heterocycles. The normalized spacial score (nSPS) is 13.8. The van der Waals surface area contributed by atoms with E-state index in [9.17, 15) is 18.0 Å². The smallest absolute Gasteiger partial charge is 0.340 e. The number of sulfone groups is 1. The van der Waals surface area contributed by atoms with Crippen molar-refractivity contribution in [3.8, 4) is 0 Å². The molecule has 0 aliphatic carbocycles. The van der Waals surface area contributed by atoms with Crippen LogP contribution in [0.4, 0.5) is 5.69 Å². The van der Waals surface area contributed by atoms with Gasteiger partial charge in [-0.15, -0.1) is 0 Å². The average molecular weight is 408 g/mol. The van der Waals surface area contributed by atoms with E-state index in [-0.39, 0.29) is 21.4 Å². The Morgan fingerprint density at radius 2 is 1.93 bits per heavy atom. The maximum Gasteiger partial charge on any atom is 0.340 e. The fraction of sp³-hybridized carbons (Fsp3) is 0.263. The Bertz CT molecular complexity index is 1000. The number of carbonyl (C=O) groups is 2. The van der Waals surface area contributed by atoms with E-state index < -0.39 is 22.4 Å². The minimum Gasteiger partial charge on any atom is -0.452 e. The van der Waals surface area contributed by atoms with Gasteiger partial charge in [-0.05, 0) is 42.7 Å². The number of aryl methyl sites for hydroxylation is 1. The molecule has 2 aromatic carbocycles. The monoisotopic (exact) mass is 407 g/mol. The van der Waals surface area contributed by atoms with E-state index in [1.54, 1.807) is 4.90 Å². The lowest BCUT2D eigenvalue weighted by Crippen LogP contribution is -2.38. The Balaban J connectivity index is 1.73. The van der Waals surface area contributed by atoms with Crippen LogP contribution in [0.3, 0.4) is 0 Å². The summed E-state index contributed by atoms with van der Waals surface area (Å²) in [4.78, 5) is 26.4. The van der Waals surface area contributed by atoms with Gasteiger partial charge in [-0.25, -0.2) is 13.2 Å². The van der Waals surface area contributed by atoms with Crippen LogP contribution in [0.2, 0.25) is 5.02 Å². The summed E-state index contributed by atoms with van der Waals surface area (Å²) >= 11 is 5.98. The predicted octanol–water partition coefficient (Wildman–Crippen LogP) is 2.88. The third-order valence-electron chi connectivity index (χ3n) is 4.32. The van der Waals surface area contributed by atoms with Gasteiger partial charge in [0, 0.05) is 18.5 Å². The summed E-state index contributed by atoms with van der Waals surface area (Å²) in [6.45, 7) is 0.102. The summed E-state index contributed by atoms with van der Waals surface area (Å²) in [6, 6.07) is 11.4. The molecule has 0 spiro atoms.